The fourth-order valence-electron chi connectivity index (χ4n) is 2.36. The smallest absolute Gasteiger partial charge is 0.233 e. The van der Waals surface area contributed by atoms with Gasteiger partial charge in [-0.2, -0.15) is 0 Å². The van der Waals surface area contributed by atoms with Gasteiger partial charge in [0.2, 0.25) is 11.0 Å². The summed E-state index contributed by atoms with van der Waals surface area (Å²) in [6.45, 7) is 3.55. The number of benzene rings is 2. The Balaban J connectivity index is 1.79. The van der Waals surface area contributed by atoms with E-state index in [9.17, 15) is 9.18 Å². The zero-order chi connectivity index (χ0) is 17.1. The number of aromatic nitrogens is 2. The van der Waals surface area contributed by atoms with E-state index in [1.54, 1.807) is 19.1 Å². The van der Waals surface area contributed by atoms with Crippen LogP contribution in [0.4, 0.5) is 9.52 Å². The van der Waals surface area contributed by atoms with Crippen LogP contribution in [-0.4, -0.2) is 16.1 Å². The number of rotatable bonds is 4. The van der Waals surface area contributed by atoms with E-state index in [4.69, 9.17) is 0 Å². The van der Waals surface area contributed by atoms with Crippen molar-refractivity contribution < 1.29 is 9.18 Å². The van der Waals surface area contributed by atoms with Gasteiger partial charge >= 0.3 is 0 Å². The molecule has 1 heterocycles. The van der Waals surface area contributed by atoms with Gasteiger partial charge in [-0.25, -0.2) is 4.39 Å². The molecule has 0 spiro atoms. The second-order valence-corrected chi connectivity index (χ2v) is 6.62. The summed E-state index contributed by atoms with van der Waals surface area (Å²) in [5.41, 5.74) is 1.95. The molecule has 0 saturated heterocycles. The second kappa shape index (κ2) is 6.88. The maximum atomic E-state index is 14.4. The van der Waals surface area contributed by atoms with Gasteiger partial charge in [-0.15, -0.1) is 10.2 Å². The van der Waals surface area contributed by atoms with Gasteiger partial charge in [-0.05, 0) is 31.0 Å². The van der Waals surface area contributed by atoms with E-state index in [-0.39, 0.29) is 11.7 Å². The minimum absolute atomic E-state index is 0.238. The minimum Gasteiger partial charge on any atom is -0.300 e. The van der Waals surface area contributed by atoms with Crippen LogP contribution < -0.4 is 5.32 Å². The SMILES string of the molecule is Cc1nnc(NC(=O)[C@H](C)c2ccc(-c3ccccc3)c(F)c2)s1. The Bertz CT molecular complexity index is 864. The summed E-state index contributed by atoms with van der Waals surface area (Å²) in [7, 11) is 0. The van der Waals surface area contributed by atoms with Gasteiger partial charge in [-0.1, -0.05) is 53.8 Å². The summed E-state index contributed by atoms with van der Waals surface area (Å²) in [6, 6.07) is 14.2. The van der Waals surface area contributed by atoms with E-state index in [0.29, 0.717) is 16.3 Å². The molecule has 4 nitrogen and oxygen atoms in total. The third kappa shape index (κ3) is 3.49. The highest BCUT2D eigenvalue weighted by Gasteiger charge is 2.18. The number of carbonyl (C=O) groups is 1. The average molecular weight is 341 g/mol. The standard InChI is InChI=1S/C18H16FN3OS/c1-11(17(23)20-18-22-21-12(2)24-18)14-8-9-15(16(19)10-14)13-6-4-3-5-7-13/h3-11H,1-2H3,(H,20,22,23)/t11-/m1/s1. The molecular weight excluding hydrogens is 325 g/mol. The van der Waals surface area contributed by atoms with Gasteiger partial charge in [0.1, 0.15) is 10.8 Å². The van der Waals surface area contributed by atoms with Gasteiger partial charge in [0.05, 0.1) is 5.92 Å². The Kier molecular flexibility index (Phi) is 4.66. The number of hydrogen-bond acceptors (Lipinski definition) is 4. The lowest BCUT2D eigenvalue weighted by atomic mass is 9.96. The number of anilines is 1. The van der Waals surface area contributed by atoms with Gasteiger partial charge in [-0.3, -0.25) is 4.79 Å². The van der Waals surface area contributed by atoms with E-state index < -0.39 is 5.92 Å². The van der Waals surface area contributed by atoms with Crippen molar-refractivity contribution >= 4 is 22.4 Å². The molecular formula is C18H16FN3OS. The maximum Gasteiger partial charge on any atom is 0.233 e. The number of nitrogens with zero attached hydrogens (tertiary/aromatic N) is 2. The monoisotopic (exact) mass is 341 g/mol. The molecule has 1 atom stereocenters. The van der Waals surface area contributed by atoms with Crippen LogP contribution >= 0.6 is 11.3 Å². The highest BCUT2D eigenvalue weighted by Crippen LogP contribution is 2.27. The first-order valence-electron chi connectivity index (χ1n) is 7.50. The van der Waals surface area contributed by atoms with Crippen LogP contribution in [0.2, 0.25) is 0 Å². The first-order valence-corrected chi connectivity index (χ1v) is 8.32. The number of carbonyl (C=O) groups excluding carboxylic acids is 1. The molecule has 2 aromatic carbocycles. The van der Waals surface area contributed by atoms with E-state index in [0.717, 1.165) is 10.6 Å². The molecule has 0 unspecified atom stereocenters. The first-order chi connectivity index (χ1) is 11.5. The summed E-state index contributed by atoms with van der Waals surface area (Å²) >= 11 is 1.30. The fraction of sp³-hybridized carbons (Fsp3) is 0.167. The van der Waals surface area contributed by atoms with Crippen LogP contribution in [0.15, 0.2) is 48.5 Å². The van der Waals surface area contributed by atoms with Crippen LogP contribution in [0.1, 0.15) is 23.4 Å². The zero-order valence-electron chi connectivity index (χ0n) is 13.3. The molecule has 1 aromatic heterocycles. The maximum absolute atomic E-state index is 14.4. The van der Waals surface area contributed by atoms with E-state index in [1.165, 1.54) is 17.4 Å². The van der Waals surface area contributed by atoms with Crippen molar-refractivity contribution in [3.63, 3.8) is 0 Å². The van der Waals surface area contributed by atoms with Crippen molar-refractivity contribution in [1.82, 2.24) is 10.2 Å². The molecule has 3 rings (SSSR count). The third-order valence-corrected chi connectivity index (χ3v) is 4.48. The molecule has 0 aliphatic heterocycles. The van der Waals surface area contributed by atoms with Crippen molar-refractivity contribution in [1.29, 1.82) is 0 Å². The van der Waals surface area contributed by atoms with E-state index in [1.807, 2.05) is 37.3 Å². The lowest BCUT2D eigenvalue weighted by Crippen LogP contribution is -2.19. The van der Waals surface area contributed by atoms with Crippen molar-refractivity contribution in [2.75, 3.05) is 5.32 Å². The molecule has 6 heteroatoms. The molecule has 1 amide bonds. The van der Waals surface area contributed by atoms with Crippen LogP contribution in [0, 0.1) is 12.7 Å². The molecule has 0 radical (unpaired) electrons. The van der Waals surface area contributed by atoms with E-state index >= 15 is 0 Å². The van der Waals surface area contributed by atoms with Crippen LogP contribution in [0.25, 0.3) is 11.1 Å². The Labute approximate surface area is 143 Å². The van der Waals surface area contributed by atoms with E-state index in [2.05, 4.69) is 15.5 Å². The molecule has 0 saturated carbocycles. The fourth-order valence-corrected chi connectivity index (χ4v) is 2.96. The lowest BCUT2D eigenvalue weighted by molar-refractivity contribution is -0.117. The largest absolute Gasteiger partial charge is 0.300 e. The lowest BCUT2D eigenvalue weighted by Gasteiger charge is -2.12. The predicted octanol–water partition coefficient (Wildman–Crippen LogP) is 4.39. The first kappa shape index (κ1) is 16.3. The average Bonchev–Trinajstić information content (AvgIpc) is 2.99. The molecule has 0 aliphatic carbocycles. The third-order valence-electron chi connectivity index (χ3n) is 3.73. The molecule has 3 aromatic rings. The van der Waals surface area contributed by atoms with Crippen molar-refractivity contribution in [3.05, 3.63) is 64.9 Å². The number of nitrogens with one attached hydrogen (secondary N) is 1. The molecule has 24 heavy (non-hydrogen) atoms. The van der Waals surface area contributed by atoms with Crippen molar-refractivity contribution in [2.45, 2.75) is 19.8 Å². The summed E-state index contributed by atoms with van der Waals surface area (Å²) in [4.78, 5) is 12.3. The quantitative estimate of drug-likeness (QED) is 0.765. The molecule has 0 bridgehead atoms. The molecule has 0 fully saturated rings. The Morgan fingerprint density at radius 3 is 2.54 bits per heavy atom. The molecule has 1 N–H and O–H groups in total. The number of hydrogen-bond donors (Lipinski definition) is 1. The second-order valence-electron chi connectivity index (χ2n) is 5.44. The Morgan fingerprint density at radius 2 is 1.92 bits per heavy atom. The summed E-state index contributed by atoms with van der Waals surface area (Å²) < 4.78 is 14.4. The van der Waals surface area contributed by atoms with Crippen LogP contribution in [0.3, 0.4) is 0 Å². The Hall–Kier alpha value is -2.60. The summed E-state index contributed by atoms with van der Waals surface area (Å²) in [5.74, 6) is -1.07. The Morgan fingerprint density at radius 1 is 1.17 bits per heavy atom. The highest BCUT2D eigenvalue weighted by molar-refractivity contribution is 7.15. The van der Waals surface area contributed by atoms with Gasteiger partial charge in [0.25, 0.3) is 0 Å². The number of aryl methyl sites for hydroxylation is 1. The minimum atomic E-state index is -0.492. The number of halogens is 1. The topological polar surface area (TPSA) is 54.9 Å². The normalized spacial score (nSPS) is 12.0. The number of amides is 1. The van der Waals surface area contributed by atoms with Crippen LogP contribution in [0.5, 0.6) is 0 Å². The van der Waals surface area contributed by atoms with Gasteiger partial charge in [0, 0.05) is 5.56 Å². The summed E-state index contributed by atoms with van der Waals surface area (Å²) in [5, 5.41) is 11.7. The van der Waals surface area contributed by atoms with Crippen molar-refractivity contribution in [3.8, 4) is 11.1 Å². The highest BCUT2D eigenvalue weighted by atomic mass is 32.1. The van der Waals surface area contributed by atoms with Gasteiger partial charge < -0.3 is 5.32 Å². The zero-order valence-corrected chi connectivity index (χ0v) is 14.1. The van der Waals surface area contributed by atoms with Crippen molar-refractivity contribution in [2.24, 2.45) is 0 Å². The molecule has 122 valence electrons. The summed E-state index contributed by atoms with van der Waals surface area (Å²) in [6.07, 6.45) is 0. The van der Waals surface area contributed by atoms with Crippen LogP contribution in [-0.2, 0) is 4.79 Å². The predicted molar refractivity (Wildman–Crippen MR) is 93.5 cm³/mol. The molecule has 0 aliphatic rings. The van der Waals surface area contributed by atoms with Gasteiger partial charge in [0.15, 0.2) is 0 Å².